The topological polar surface area (TPSA) is 17.8 Å². The zero-order valence-electron chi connectivity index (χ0n) is 10.2. The number of thioether (sulfide) groups is 2. The van der Waals surface area contributed by atoms with E-state index in [1.54, 1.807) is 23.5 Å². The van der Waals surface area contributed by atoms with Crippen molar-refractivity contribution in [1.82, 2.24) is 9.78 Å². The van der Waals surface area contributed by atoms with Crippen LogP contribution in [0.1, 0.15) is 32.4 Å². The third-order valence-electron chi connectivity index (χ3n) is 2.09. The summed E-state index contributed by atoms with van der Waals surface area (Å²) in [6.45, 7) is 10.1. The van der Waals surface area contributed by atoms with Gasteiger partial charge >= 0.3 is 0 Å². The standard InChI is InChI=1S/C12H18N2S2/c1-6-12(15-7-2)16-11-8-10(9(3)4)13-14(11)5/h6-9H,2H2,1,3-5H3/b12-6+. The van der Waals surface area contributed by atoms with Gasteiger partial charge in [0.15, 0.2) is 0 Å². The lowest BCUT2D eigenvalue weighted by atomic mass is 10.1. The summed E-state index contributed by atoms with van der Waals surface area (Å²) in [6.07, 6.45) is 2.10. The Morgan fingerprint density at radius 2 is 2.25 bits per heavy atom. The van der Waals surface area contributed by atoms with Crippen LogP contribution in [0.4, 0.5) is 0 Å². The van der Waals surface area contributed by atoms with Gasteiger partial charge in [0.2, 0.25) is 0 Å². The molecule has 1 aromatic rings. The van der Waals surface area contributed by atoms with Crippen molar-refractivity contribution in [3.05, 3.63) is 34.1 Å². The quantitative estimate of drug-likeness (QED) is 0.726. The minimum absolute atomic E-state index is 0.474. The highest BCUT2D eigenvalue weighted by atomic mass is 32.2. The van der Waals surface area contributed by atoms with E-state index in [-0.39, 0.29) is 0 Å². The minimum Gasteiger partial charge on any atom is -0.261 e. The summed E-state index contributed by atoms with van der Waals surface area (Å²) < 4.78 is 3.17. The molecule has 0 aliphatic rings. The van der Waals surface area contributed by atoms with E-state index in [0.717, 1.165) is 5.69 Å². The van der Waals surface area contributed by atoms with Crippen LogP contribution in [0.5, 0.6) is 0 Å². The molecule has 0 fully saturated rings. The molecule has 0 spiro atoms. The Kier molecular flexibility index (Phi) is 5.22. The summed E-state index contributed by atoms with van der Waals surface area (Å²) in [5, 5.41) is 7.51. The van der Waals surface area contributed by atoms with Crippen LogP contribution in [0, 0.1) is 0 Å². The van der Waals surface area contributed by atoms with Crippen LogP contribution < -0.4 is 0 Å². The van der Waals surface area contributed by atoms with E-state index in [2.05, 4.69) is 37.7 Å². The molecular formula is C12H18N2S2. The van der Waals surface area contributed by atoms with E-state index in [1.165, 1.54) is 9.26 Å². The zero-order valence-corrected chi connectivity index (χ0v) is 11.9. The molecule has 1 aromatic heterocycles. The van der Waals surface area contributed by atoms with Crippen LogP contribution in [-0.2, 0) is 7.05 Å². The van der Waals surface area contributed by atoms with Gasteiger partial charge < -0.3 is 0 Å². The molecule has 0 atom stereocenters. The molecule has 0 saturated heterocycles. The fourth-order valence-electron chi connectivity index (χ4n) is 1.19. The highest BCUT2D eigenvalue weighted by molar-refractivity contribution is 8.23. The number of aromatic nitrogens is 2. The molecular weight excluding hydrogens is 236 g/mol. The lowest BCUT2D eigenvalue weighted by Gasteiger charge is -2.02. The Labute approximate surface area is 106 Å². The maximum atomic E-state index is 4.49. The van der Waals surface area contributed by atoms with Crippen LogP contribution >= 0.6 is 23.5 Å². The first kappa shape index (κ1) is 13.5. The third kappa shape index (κ3) is 3.46. The zero-order chi connectivity index (χ0) is 12.1. The molecule has 0 aromatic carbocycles. The van der Waals surface area contributed by atoms with Crippen molar-refractivity contribution in [2.75, 3.05) is 0 Å². The highest BCUT2D eigenvalue weighted by Crippen LogP contribution is 2.35. The molecule has 0 aliphatic carbocycles. The van der Waals surface area contributed by atoms with Gasteiger partial charge in [-0.15, -0.1) is 0 Å². The van der Waals surface area contributed by atoms with Gasteiger partial charge in [0.1, 0.15) is 0 Å². The molecule has 0 aliphatic heterocycles. The van der Waals surface area contributed by atoms with Gasteiger partial charge in [0, 0.05) is 11.3 Å². The van der Waals surface area contributed by atoms with Crippen molar-refractivity contribution in [1.29, 1.82) is 0 Å². The first-order valence-electron chi connectivity index (χ1n) is 5.24. The van der Waals surface area contributed by atoms with Crippen LogP contribution in [0.2, 0.25) is 0 Å². The number of hydrogen-bond acceptors (Lipinski definition) is 3. The molecule has 0 amide bonds. The van der Waals surface area contributed by atoms with Crippen molar-refractivity contribution in [2.45, 2.75) is 31.7 Å². The highest BCUT2D eigenvalue weighted by Gasteiger charge is 2.10. The lowest BCUT2D eigenvalue weighted by molar-refractivity contribution is 0.671. The number of hydrogen-bond donors (Lipinski definition) is 0. The first-order chi connectivity index (χ1) is 7.58. The Balaban J connectivity index is 2.84. The predicted molar refractivity (Wildman–Crippen MR) is 74.7 cm³/mol. The first-order valence-corrected chi connectivity index (χ1v) is 6.93. The predicted octanol–water partition coefficient (Wildman–Crippen LogP) is 4.37. The molecule has 1 heterocycles. The molecule has 88 valence electrons. The second-order valence-corrected chi connectivity index (χ2v) is 6.01. The van der Waals surface area contributed by atoms with E-state index in [4.69, 9.17) is 0 Å². The second kappa shape index (κ2) is 6.21. The van der Waals surface area contributed by atoms with E-state index in [0.29, 0.717) is 5.92 Å². The molecule has 16 heavy (non-hydrogen) atoms. The molecule has 1 rings (SSSR count). The lowest BCUT2D eigenvalue weighted by Crippen LogP contribution is -1.94. The Morgan fingerprint density at radius 1 is 1.56 bits per heavy atom. The number of allylic oxidation sites excluding steroid dienone is 1. The minimum atomic E-state index is 0.474. The summed E-state index contributed by atoms with van der Waals surface area (Å²) in [6, 6.07) is 2.16. The second-order valence-electron chi connectivity index (χ2n) is 3.68. The number of aryl methyl sites for hydroxylation is 1. The fourth-order valence-corrected chi connectivity index (χ4v) is 2.81. The smallest absolute Gasteiger partial charge is 0.0992 e. The average Bonchev–Trinajstić information content (AvgIpc) is 2.60. The molecule has 0 radical (unpaired) electrons. The van der Waals surface area contributed by atoms with Crippen molar-refractivity contribution < 1.29 is 0 Å². The maximum Gasteiger partial charge on any atom is 0.0992 e. The Bertz CT molecular complexity index is 392. The average molecular weight is 254 g/mol. The monoisotopic (exact) mass is 254 g/mol. The van der Waals surface area contributed by atoms with Gasteiger partial charge in [0.05, 0.1) is 10.7 Å². The molecule has 2 nitrogen and oxygen atoms in total. The van der Waals surface area contributed by atoms with Crippen LogP contribution in [0.3, 0.4) is 0 Å². The SMILES string of the molecule is C=CS/C(=C\C)Sc1cc(C(C)C)nn1C. The van der Waals surface area contributed by atoms with Crippen LogP contribution in [-0.4, -0.2) is 9.78 Å². The Morgan fingerprint density at radius 3 is 2.69 bits per heavy atom. The van der Waals surface area contributed by atoms with E-state index in [9.17, 15) is 0 Å². The van der Waals surface area contributed by atoms with E-state index < -0.39 is 0 Å². The normalized spacial score (nSPS) is 12.2. The summed E-state index contributed by atoms with van der Waals surface area (Å²) in [5.41, 5.74) is 1.14. The number of nitrogens with zero attached hydrogens (tertiary/aromatic N) is 2. The fraction of sp³-hybridized carbons (Fsp3) is 0.417. The molecule has 0 bridgehead atoms. The third-order valence-corrected chi connectivity index (χ3v) is 4.29. The van der Waals surface area contributed by atoms with Gasteiger partial charge in [-0.1, -0.05) is 50.0 Å². The van der Waals surface area contributed by atoms with Crippen molar-refractivity contribution in [3.8, 4) is 0 Å². The summed E-state index contributed by atoms with van der Waals surface area (Å²) in [5.74, 6) is 0.474. The van der Waals surface area contributed by atoms with Crippen LogP contribution in [0.15, 0.2) is 33.4 Å². The van der Waals surface area contributed by atoms with Crippen molar-refractivity contribution in [3.63, 3.8) is 0 Å². The summed E-state index contributed by atoms with van der Waals surface area (Å²) >= 11 is 3.38. The van der Waals surface area contributed by atoms with Gasteiger partial charge in [-0.05, 0) is 24.3 Å². The van der Waals surface area contributed by atoms with Crippen LogP contribution in [0.25, 0.3) is 0 Å². The van der Waals surface area contributed by atoms with Gasteiger partial charge in [-0.25, -0.2) is 0 Å². The summed E-state index contributed by atoms with van der Waals surface area (Å²) in [4.78, 5) is 0. The molecule has 0 saturated carbocycles. The van der Waals surface area contributed by atoms with Gasteiger partial charge in [-0.3, -0.25) is 4.68 Å². The molecule has 0 unspecified atom stereocenters. The van der Waals surface area contributed by atoms with Crippen molar-refractivity contribution in [2.24, 2.45) is 7.05 Å². The van der Waals surface area contributed by atoms with Gasteiger partial charge in [-0.2, -0.15) is 5.10 Å². The maximum absolute atomic E-state index is 4.49. The number of rotatable bonds is 5. The van der Waals surface area contributed by atoms with E-state index >= 15 is 0 Å². The summed E-state index contributed by atoms with van der Waals surface area (Å²) in [7, 11) is 1.99. The van der Waals surface area contributed by atoms with E-state index in [1.807, 2.05) is 24.1 Å². The molecule has 0 N–H and O–H groups in total. The Hall–Kier alpha value is -0.610. The largest absolute Gasteiger partial charge is 0.261 e. The van der Waals surface area contributed by atoms with Crippen molar-refractivity contribution >= 4 is 23.5 Å². The van der Waals surface area contributed by atoms with Gasteiger partial charge in [0.25, 0.3) is 0 Å². The molecule has 4 heteroatoms.